The van der Waals surface area contributed by atoms with Gasteiger partial charge in [0.2, 0.25) is 0 Å². The third kappa shape index (κ3) is 6.05. The standard InChI is InChI=1S/C22H23ClN4O2S/c1-3-4-5-15-6-10-17(11-7-15)25-20(28)19-14(2)24-22(30-19)27-21(29)26-18-12-8-16(23)9-13-18/h6-13H,3-5H2,1-2H3,(H,25,28)(H2,24,26,27,29). The number of anilines is 3. The second-order valence-electron chi connectivity index (χ2n) is 6.77. The predicted octanol–water partition coefficient (Wildman–Crippen LogP) is 6.34. The lowest BCUT2D eigenvalue weighted by atomic mass is 10.1. The van der Waals surface area contributed by atoms with E-state index in [2.05, 4.69) is 27.9 Å². The number of nitrogens with zero attached hydrogens (tertiary/aromatic N) is 1. The first-order chi connectivity index (χ1) is 14.4. The summed E-state index contributed by atoms with van der Waals surface area (Å²) < 4.78 is 0. The number of hydrogen-bond donors (Lipinski definition) is 3. The Morgan fingerprint density at radius 2 is 1.60 bits per heavy atom. The maximum Gasteiger partial charge on any atom is 0.325 e. The Kier molecular flexibility index (Phi) is 7.43. The van der Waals surface area contributed by atoms with Crippen molar-refractivity contribution in [2.45, 2.75) is 33.1 Å². The zero-order valence-corrected chi connectivity index (χ0v) is 18.4. The maximum absolute atomic E-state index is 12.6. The van der Waals surface area contributed by atoms with E-state index in [1.54, 1.807) is 31.2 Å². The van der Waals surface area contributed by atoms with Gasteiger partial charge in [0.05, 0.1) is 5.69 Å². The number of benzene rings is 2. The number of unbranched alkanes of at least 4 members (excludes halogenated alkanes) is 1. The van der Waals surface area contributed by atoms with Crippen LogP contribution >= 0.6 is 22.9 Å². The number of aromatic nitrogens is 1. The summed E-state index contributed by atoms with van der Waals surface area (Å²) in [7, 11) is 0. The van der Waals surface area contributed by atoms with Crippen molar-refractivity contribution in [3.8, 4) is 0 Å². The van der Waals surface area contributed by atoms with Crippen molar-refractivity contribution in [1.82, 2.24) is 4.98 Å². The molecule has 0 aliphatic heterocycles. The molecule has 30 heavy (non-hydrogen) atoms. The van der Waals surface area contributed by atoms with Crippen LogP contribution in [0.4, 0.5) is 21.3 Å². The van der Waals surface area contributed by atoms with Gasteiger partial charge in [-0.1, -0.05) is 48.4 Å². The van der Waals surface area contributed by atoms with Gasteiger partial charge in [-0.05, 0) is 61.7 Å². The molecule has 0 aliphatic carbocycles. The van der Waals surface area contributed by atoms with Gasteiger partial charge < -0.3 is 10.6 Å². The highest BCUT2D eigenvalue weighted by Crippen LogP contribution is 2.24. The highest BCUT2D eigenvalue weighted by Gasteiger charge is 2.17. The fraction of sp³-hybridized carbons (Fsp3) is 0.227. The molecule has 3 aromatic rings. The molecule has 0 radical (unpaired) electrons. The van der Waals surface area contributed by atoms with Crippen LogP contribution in [0.15, 0.2) is 48.5 Å². The van der Waals surface area contributed by atoms with E-state index in [4.69, 9.17) is 11.6 Å². The van der Waals surface area contributed by atoms with Crippen LogP contribution in [0.2, 0.25) is 5.02 Å². The zero-order chi connectivity index (χ0) is 21.5. The summed E-state index contributed by atoms with van der Waals surface area (Å²) in [5, 5.41) is 9.17. The molecular weight excluding hydrogens is 420 g/mol. The summed E-state index contributed by atoms with van der Waals surface area (Å²) in [5.41, 5.74) is 3.13. The number of halogens is 1. The van der Waals surface area contributed by atoms with Crippen molar-refractivity contribution in [2.24, 2.45) is 0 Å². The molecule has 1 aromatic heterocycles. The summed E-state index contributed by atoms with van der Waals surface area (Å²) in [5.74, 6) is -0.252. The molecule has 0 spiro atoms. The van der Waals surface area contributed by atoms with E-state index in [-0.39, 0.29) is 5.91 Å². The van der Waals surface area contributed by atoms with Crippen LogP contribution in [-0.2, 0) is 6.42 Å². The molecule has 3 N–H and O–H groups in total. The SMILES string of the molecule is CCCCc1ccc(NC(=O)c2sc(NC(=O)Nc3ccc(Cl)cc3)nc2C)cc1. The quantitative estimate of drug-likeness (QED) is 0.399. The van der Waals surface area contributed by atoms with Crippen LogP contribution < -0.4 is 16.0 Å². The Balaban J connectivity index is 1.59. The van der Waals surface area contributed by atoms with Crippen LogP contribution in [-0.4, -0.2) is 16.9 Å². The lowest BCUT2D eigenvalue weighted by molar-refractivity contribution is 0.103. The van der Waals surface area contributed by atoms with Gasteiger partial charge >= 0.3 is 6.03 Å². The monoisotopic (exact) mass is 442 g/mol. The minimum atomic E-state index is -0.444. The molecule has 156 valence electrons. The van der Waals surface area contributed by atoms with Crippen molar-refractivity contribution in [2.75, 3.05) is 16.0 Å². The second-order valence-corrected chi connectivity index (χ2v) is 8.21. The fourth-order valence-corrected chi connectivity index (χ4v) is 3.76. The van der Waals surface area contributed by atoms with Gasteiger partial charge in [0.15, 0.2) is 5.13 Å². The molecule has 1 heterocycles. The first kappa shape index (κ1) is 21.8. The van der Waals surface area contributed by atoms with E-state index >= 15 is 0 Å². The van der Waals surface area contributed by atoms with Crippen molar-refractivity contribution in [3.63, 3.8) is 0 Å². The Hall–Kier alpha value is -2.90. The molecule has 0 unspecified atom stereocenters. The minimum Gasteiger partial charge on any atom is -0.321 e. The molecular formula is C22H23ClN4O2S. The normalized spacial score (nSPS) is 10.5. The van der Waals surface area contributed by atoms with Gasteiger partial charge in [0.1, 0.15) is 4.88 Å². The summed E-state index contributed by atoms with van der Waals surface area (Å²) in [4.78, 5) is 29.5. The lowest BCUT2D eigenvalue weighted by Gasteiger charge is -2.06. The lowest BCUT2D eigenvalue weighted by Crippen LogP contribution is -2.19. The largest absolute Gasteiger partial charge is 0.325 e. The van der Waals surface area contributed by atoms with Gasteiger partial charge in [-0.25, -0.2) is 9.78 Å². The summed E-state index contributed by atoms with van der Waals surface area (Å²) in [6.07, 6.45) is 3.33. The van der Waals surface area contributed by atoms with Gasteiger partial charge in [0.25, 0.3) is 5.91 Å². The van der Waals surface area contributed by atoms with E-state index in [9.17, 15) is 9.59 Å². The topological polar surface area (TPSA) is 83.1 Å². The molecule has 6 nitrogen and oxygen atoms in total. The van der Waals surface area contributed by atoms with E-state index in [1.165, 1.54) is 5.56 Å². The van der Waals surface area contributed by atoms with Crippen molar-refractivity contribution >= 4 is 51.4 Å². The second kappa shape index (κ2) is 10.2. The number of aryl methyl sites for hydroxylation is 2. The molecule has 3 rings (SSSR count). The number of carbonyl (C=O) groups excluding carboxylic acids is 2. The first-order valence-corrected chi connectivity index (χ1v) is 10.9. The van der Waals surface area contributed by atoms with Crippen LogP contribution in [0.1, 0.15) is 40.7 Å². The Bertz CT molecular complexity index is 1020. The Labute approximate surface area is 184 Å². The molecule has 3 amide bonds. The number of thiazole rings is 1. The number of urea groups is 1. The molecule has 0 atom stereocenters. The van der Waals surface area contributed by atoms with Crippen LogP contribution in [0.25, 0.3) is 0 Å². The van der Waals surface area contributed by atoms with Gasteiger partial charge in [-0.3, -0.25) is 10.1 Å². The highest BCUT2D eigenvalue weighted by atomic mass is 35.5. The number of carbonyl (C=O) groups is 2. The number of rotatable bonds is 7. The Morgan fingerprint density at radius 1 is 0.967 bits per heavy atom. The summed E-state index contributed by atoms with van der Waals surface area (Å²) in [6, 6.07) is 14.2. The maximum atomic E-state index is 12.6. The average Bonchev–Trinajstić information content (AvgIpc) is 3.09. The molecule has 2 aromatic carbocycles. The van der Waals surface area contributed by atoms with E-state index in [1.807, 2.05) is 24.3 Å². The third-order valence-electron chi connectivity index (χ3n) is 4.36. The number of nitrogens with one attached hydrogen (secondary N) is 3. The van der Waals surface area contributed by atoms with Crippen molar-refractivity contribution < 1.29 is 9.59 Å². The van der Waals surface area contributed by atoms with Crippen molar-refractivity contribution in [3.05, 3.63) is 69.7 Å². The average molecular weight is 443 g/mol. The van der Waals surface area contributed by atoms with Crippen molar-refractivity contribution in [1.29, 1.82) is 0 Å². The first-order valence-electron chi connectivity index (χ1n) is 9.66. The van der Waals surface area contributed by atoms with Crippen LogP contribution in [0.3, 0.4) is 0 Å². The van der Waals surface area contributed by atoms with Crippen LogP contribution in [0.5, 0.6) is 0 Å². The van der Waals surface area contributed by atoms with Gasteiger partial charge in [0, 0.05) is 16.4 Å². The molecule has 8 heteroatoms. The summed E-state index contributed by atoms with van der Waals surface area (Å²) >= 11 is 6.97. The summed E-state index contributed by atoms with van der Waals surface area (Å²) in [6.45, 7) is 3.90. The zero-order valence-electron chi connectivity index (χ0n) is 16.8. The fourth-order valence-electron chi connectivity index (χ4n) is 2.78. The molecule has 0 aliphatic rings. The highest BCUT2D eigenvalue weighted by molar-refractivity contribution is 7.17. The minimum absolute atomic E-state index is 0.252. The molecule has 0 saturated heterocycles. The number of amides is 3. The van der Waals surface area contributed by atoms with E-state index in [0.717, 1.165) is 36.3 Å². The molecule has 0 bridgehead atoms. The van der Waals surface area contributed by atoms with Crippen LogP contribution in [0, 0.1) is 6.92 Å². The van der Waals surface area contributed by atoms with Gasteiger partial charge in [-0.15, -0.1) is 0 Å². The third-order valence-corrected chi connectivity index (χ3v) is 5.68. The van der Waals surface area contributed by atoms with Gasteiger partial charge in [-0.2, -0.15) is 0 Å². The van der Waals surface area contributed by atoms with E-state index in [0.29, 0.717) is 26.4 Å². The molecule has 0 saturated carbocycles. The predicted molar refractivity (Wildman–Crippen MR) is 124 cm³/mol. The Morgan fingerprint density at radius 3 is 2.27 bits per heavy atom. The van der Waals surface area contributed by atoms with E-state index < -0.39 is 6.03 Å². The smallest absolute Gasteiger partial charge is 0.321 e. The number of hydrogen-bond acceptors (Lipinski definition) is 4. The molecule has 0 fully saturated rings.